The van der Waals surface area contributed by atoms with Crippen molar-refractivity contribution in [3.63, 3.8) is 0 Å². The van der Waals surface area contributed by atoms with Gasteiger partial charge in [0.25, 0.3) is 0 Å². The lowest BCUT2D eigenvalue weighted by Gasteiger charge is -2.19. The molecule has 1 unspecified atom stereocenters. The Hall–Kier alpha value is -3.71. The van der Waals surface area contributed by atoms with Gasteiger partial charge >= 0.3 is 5.63 Å². The van der Waals surface area contributed by atoms with Crippen LogP contribution in [0.4, 0.5) is 5.95 Å². The number of fused-ring (bicyclic) bond motifs is 1. The number of para-hydroxylation sites is 1. The molecule has 2 aromatic heterocycles. The molecule has 0 spiro atoms. The van der Waals surface area contributed by atoms with E-state index in [1.165, 1.54) is 0 Å². The zero-order chi connectivity index (χ0) is 21.3. The molecule has 0 saturated heterocycles. The first-order valence-electron chi connectivity index (χ1n) is 9.05. The summed E-state index contributed by atoms with van der Waals surface area (Å²) in [5, 5.41) is 14.2. The number of hydrogen-bond donors (Lipinski definition) is 2. The van der Waals surface area contributed by atoms with Crippen LogP contribution in [0.1, 0.15) is 27.7 Å². The lowest BCUT2D eigenvalue weighted by molar-refractivity contribution is 0.0966. The Morgan fingerprint density at radius 1 is 1.10 bits per heavy atom. The molecule has 0 saturated carbocycles. The minimum Gasteiger partial charge on any atom is -0.507 e. The minimum atomic E-state index is -1.30. The normalized spacial score (nSPS) is 11.9. The number of aryl methyl sites for hydroxylation is 1. The molecule has 2 heterocycles. The molecular weight excluding hydrogens is 406 g/mol. The maximum atomic E-state index is 13.3. The summed E-state index contributed by atoms with van der Waals surface area (Å²) in [5.41, 5.74) is 0.0407. The summed E-state index contributed by atoms with van der Waals surface area (Å²) in [4.78, 5) is 34.4. The molecule has 2 N–H and O–H groups in total. The number of aromatic hydroxyl groups is 1. The van der Waals surface area contributed by atoms with Crippen LogP contribution in [0, 0.1) is 6.92 Å². The van der Waals surface area contributed by atoms with Crippen LogP contribution in [0.2, 0.25) is 5.15 Å². The van der Waals surface area contributed by atoms with Crippen molar-refractivity contribution in [3.8, 4) is 5.75 Å². The van der Waals surface area contributed by atoms with Gasteiger partial charge in [0.05, 0.1) is 5.39 Å². The predicted molar refractivity (Wildman–Crippen MR) is 113 cm³/mol. The number of rotatable bonds is 5. The molecule has 4 aromatic rings. The van der Waals surface area contributed by atoms with E-state index >= 15 is 0 Å². The third-order valence-corrected chi connectivity index (χ3v) is 4.72. The quantitative estimate of drug-likeness (QED) is 0.281. The summed E-state index contributed by atoms with van der Waals surface area (Å²) in [6.45, 7) is 1.72. The second-order valence-corrected chi connectivity index (χ2v) is 7.00. The molecule has 30 heavy (non-hydrogen) atoms. The van der Waals surface area contributed by atoms with Crippen molar-refractivity contribution in [2.45, 2.75) is 13.0 Å². The number of halogens is 1. The molecule has 7 nitrogen and oxygen atoms in total. The average molecular weight is 422 g/mol. The van der Waals surface area contributed by atoms with Crippen LogP contribution >= 0.6 is 11.6 Å². The summed E-state index contributed by atoms with van der Waals surface area (Å²) < 4.78 is 5.35. The van der Waals surface area contributed by atoms with Crippen molar-refractivity contribution >= 4 is 34.3 Å². The number of nitrogens with zero attached hydrogens (tertiary/aromatic N) is 2. The molecule has 0 aliphatic rings. The molecular formula is C22H16ClN3O4. The molecule has 0 radical (unpaired) electrons. The van der Waals surface area contributed by atoms with Crippen molar-refractivity contribution in [1.82, 2.24) is 9.97 Å². The van der Waals surface area contributed by atoms with E-state index in [1.807, 2.05) is 0 Å². The lowest BCUT2D eigenvalue weighted by atomic mass is 9.97. The monoisotopic (exact) mass is 421 g/mol. The third-order valence-electron chi connectivity index (χ3n) is 4.53. The van der Waals surface area contributed by atoms with E-state index in [1.54, 1.807) is 67.6 Å². The van der Waals surface area contributed by atoms with E-state index in [0.29, 0.717) is 16.6 Å². The van der Waals surface area contributed by atoms with E-state index < -0.39 is 17.5 Å². The smallest absolute Gasteiger partial charge is 0.345 e. The van der Waals surface area contributed by atoms with Crippen LogP contribution in [0.3, 0.4) is 0 Å². The summed E-state index contributed by atoms with van der Waals surface area (Å²) in [5.74, 6) is -0.765. The van der Waals surface area contributed by atoms with Crippen molar-refractivity contribution in [3.05, 3.63) is 93.1 Å². The third kappa shape index (κ3) is 3.75. The highest BCUT2D eigenvalue weighted by molar-refractivity contribution is 6.29. The van der Waals surface area contributed by atoms with Crippen LogP contribution in [0.25, 0.3) is 11.0 Å². The zero-order valence-corrected chi connectivity index (χ0v) is 16.6. The van der Waals surface area contributed by atoms with Gasteiger partial charge in [-0.25, -0.2) is 14.8 Å². The Labute approximate surface area is 176 Å². The van der Waals surface area contributed by atoms with E-state index in [0.717, 1.165) is 0 Å². The number of carbonyl (C=O) groups excluding carboxylic acids is 1. The molecule has 0 aliphatic carbocycles. The number of carbonyl (C=O) groups is 1. The highest BCUT2D eigenvalue weighted by Gasteiger charge is 2.30. The number of ketones is 1. The number of hydrogen-bond acceptors (Lipinski definition) is 7. The largest absolute Gasteiger partial charge is 0.507 e. The zero-order valence-electron chi connectivity index (χ0n) is 15.8. The lowest BCUT2D eigenvalue weighted by Crippen LogP contribution is -2.27. The van der Waals surface area contributed by atoms with Gasteiger partial charge in [-0.15, -0.1) is 0 Å². The molecule has 1 atom stereocenters. The van der Waals surface area contributed by atoms with Crippen LogP contribution in [0.15, 0.2) is 69.9 Å². The first-order chi connectivity index (χ1) is 14.4. The summed E-state index contributed by atoms with van der Waals surface area (Å²) >= 11 is 6.01. The highest BCUT2D eigenvalue weighted by atomic mass is 35.5. The van der Waals surface area contributed by atoms with Gasteiger partial charge in [0.1, 0.15) is 28.1 Å². The number of benzene rings is 2. The molecule has 0 bridgehead atoms. The van der Waals surface area contributed by atoms with Crippen LogP contribution in [-0.4, -0.2) is 20.9 Å². The molecule has 0 amide bonds. The van der Waals surface area contributed by atoms with Crippen molar-refractivity contribution in [2.24, 2.45) is 0 Å². The Kier molecular flexibility index (Phi) is 5.20. The summed E-state index contributed by atoms with van der Waals surface area (Å²) in [6.07, 6.45) is 0. The average Bonchev–Trinajstić information content (AvgIpc) is 2.72. The van der Waals surface area contributed by atoms with Gasteiger partial charge < -0.3 is 14.8 Å². The van der Waals surface area contributed by atoms with Crippen LogP contribution < -0.4 is 10.9 Å². The molecule has 0 fully saturated rings. The van der Waals surface area contributed by atoms with Gasteiger partial charge in [-0.05, 0) is 25.1 Å². The van der Waals surface area contributed by atoms with Crippen molar-refractivity contribution in [1.29, 1.82) is 0 Å². The van der Waals surface area contributed by atoms with Gasteiger partial charge in [-0.3, -0.25) is 4.79 Å². The molecule has 2 aromatic carbocycles. The van der Waals surface area contributed by atoms with Gasteiger partial charge in [-0.1, -0.05) is 54.1 Å². The van der Waals surface area contributed by atoms with Crippen LogP contribution in [-0.2, 0) is 0 Å². The van der Waals surface area contributed by atoms with Crippen LogP contribution in [0.5, 0.6) is 5.75 Å². The second kappa shape index (κ2) is 7.96. The molecule has 4 rings (SSSR count). The van der Waals surface area contributed by atoms with Gasteiger partial charge in [0.2, 0.25) is 5.95 Å². The van der Waals surface area contributed by atoms with E-state index in [4.69, 9.17) is 16.0 Å². The number of nitrogens with one attached hydrogen (secondary N) is 1. The Bertz CT molecular complexity index is 1280. The first kappa shape index (κ1) is 19.6. The Balaban J connectivity index is 1.90. The van der Waals surface area contributed by atoms with E-state index in [2.05, 4.69) is 15.3 Å². The fraction of sp³-hybridized carbons (Fsp3) is 0.0909. The second-order valence-electron chi connectivity index (χ2n) is 6.61. The molecule has 8 heteroatoms. The molecule has 150 valence electrons. The number of anilines is 1. The predicted octanol–water partition coefficient (Wildman–Crippen LogP) is 4.29. The summed E-state index contributed by atoms with van der Waals surface area (Å²) in [6, 6.07) is 15.2. The van der Waals surface area contributed by atoms with Crippen molar-refractivity contribution < 1.29 is 14.3 Å². The maximum Gasteiger partial charge on any atom is 0.345 e. The van der Waals surface area contributed by atoms with Crippen molar-refractivity contribution in [2.75, 3.05) is 5.32 Å². The highest BCUT2D eigenvalue weighted by Crippen LogP contribution is 2.32. The SMILES string of the molecule is Cc1cc(Cl)nc(NC(C(=O)c2ccccc2)c2c(O)c3ccccc3oc2=O)n1. The van der Waals surface area contributed by atoms with Gasteiger partial charge in [0.15, 0.2) is 5.78 Å². The van der Waals surface area contributed by atoms with E-state index in [9.17, 15) is 14.7 Å². The van der Waals surface area contributed by atoms with Gasteiger partial charge in [0, 0.05) is 11.3 Å². The Morgan fingerprint density at radius 3 is 2.53 bits per heavy atom. The maximum absolute atomic E-state index is 13.3. The standard InChI is InChI=1S/C22H16ClN3O4/c1-12-11-16(23)25-22(24-12)26-18(19(27)13-7-3-2-4-8-13)17-20(28)14-9-5-6-10-15(14)30-21(17)29/h2-11,18,28H,1H3,(H,24,25,26). The summed E-state index contributed by atoms with van der Waals surface area (Å²) in [7, 11) is 0. The van der Waals surface area contributed by atoms with Gasteiger partial charge in [-0.2, -0.15) is 0 Å². The fourth-order valence-corrected chi connectivity index (χ4v) is 3.40. The topological polar surface area (TPSA) is 105 Å². The minimum absolute atomic E-state index is 0.0428. The fourth-order valence-electron chi connectivity index (χ4n) is 3.16. The van der Waals surface area contributed by atoms with E-state index in [-0.39, 0.29) is 28.0 Å². The Morgan fingerprint density at radius 2 is 1.80 bits per heavy atom. The molecule has 0 aliphatic heterocycles. The number of Topliss-reactive ketones (excluding diaryl/α,β-unsaturated/α-hetero) is 1. The first-order valence-corrected chi connectivity index (χ1v) is 9.43. The number of aromatic nitrogens is 2.